The Bertz CT molecular complexity index is 559. The van der Waals surface area contributed by atoms with Gasteiger partial charge < -0.3 is 10.1 Å². The summed E-state index contributed by atoms with van der Waals surface area (Å²) in [4.78, 5) is 11.2. The fourth-order valence-electron chi connectivity index (χ4n) is 1.26. The van der Waals surface area contributed by atoms with Gasteiger partial charge in [-0.25, -0.2) is 18.4 Å². The molecular formula is C10H13BrN2O4S. The fraction of sp³-hybridized carbons (Fsp3) is 0.300. The van der Waals surface area contributed by atoms with Gasteiger partial charge in [0.05, 0.1) is 12.0 Å². The molecule has 0 heterocycles. The van der Waals surface area contributed by atoms with Gasteiger partial charge in [-0.2, -0.15) is 0 Å². The minimum Gasteiger partial charge on any atom is -0.467 e. The van der Waals surface area contributed by atoms with Gasteiger partial charge in [-0.3, -0.25) is 0 Å². The van der Waals surface area contributed by atoms with Crippen LogP contribution < -0.4 is 10.5 Å². The molecule has 1 rings (SSSR count). The number of nitrogens with two attached hydrogens (primary N) is 1. The Hall–Kier alpha value is -1.12. The van der Waals surface area contributed by atoms with Crippen LogP contribution in [-0.4, -0.2) is 27.5 Å². The molecule has 0 spiro atoms. The van der Waals surface area contributed by atoms with Gasteiger partial charge >= 0.3 is 5.97 Å². The van der Waals surface area contributed by atoms with E-state index >= 15 is 0 Å². The van der Waals surface area contributed by atoms with E-state index in [1.54, 1.807) is 6.92 Å². The lowest BCUT2D eigenvalue weighted by atomic mass is 10.2. The third kappa shape index (κ3) is 3.69. The number of nitrogens with one attached hydrogen (secondary N) is 1. The van der Waals surface area contributed by atoms with Gasteiger partial charge in [0.1, 0.15) is 6.04 Å². The van der Waals surface area contributed by atoms with Crippen molar-refractivity contribution in [2.45, 2.75) is 17.9 Å². The second kappa shape index (κ2) is 5.68. The summed E-state index contributed by atoms with van der Waals surface area (Å²) >= 11 is 3.20. The lowest BCUT2D eigenvalue weighted by molar-refractivity contribution is -0.141. The number of sulfonamides is 1. The van der Waals surface area contributed by atoms with Crippen molar-refractivity contribution in [3.05, 3.63) is 22.7 Å². The van der Waals surface area contributed by atoms with Gasteiger partial charge in [-0.15, -0.1) is 0 Å². The molecule has 0 bridgehead atoms. The first-order chi connectivity index (χ1) is 8.25. The maximum absolute atomic E-state index is 11.2. The van der Waals surface area contributed by atoms with Crippen molar-refractivity contribution >= 4 is 37.6 Å². The third-order valence-electron chi connectivity index (χ3n) is 2.20. The van der Waals surface area contributed by atoms with Gasteiger partial charge in [-0.05, 0) is 41.1 Å². The molecule has 0 fully saturated rings. The zero-order valence-corrected chi connectivity index (χ0v) is 12.2. The van der Waals surface area contributed by atoms with E-state index in [0.717, 1.165) is 0 Å². The predicted octanol–water partition coefficient (Wildman–Crippen LogP) is 1.07. The number of hydrogen-bond acceptors (Lipinski definition) is 5. The summed E-state index contributed by atoms with van der Waals surface area (Å²) in [5.41, 5.74) is 0.570. The van der Waals surface area contributed by atoms with Gasteiger partial charge in [0.2, 0.25) is 10.0 Å². The number of rotatable bonds is 4. The zero-order chi connectivity index (χ0) is 13.9. The number of carbonyl (C=O) groups excluding carboxylic acids is 1. The van der Waals surface area contributed by atoms with Gasteiger partial charge in [0, 0.05) is 10.2 Å². The number of hydrogen-bond donors (Lipinski definition) is 2. The molecule has 100 valence electrons. The summed E-state index contributed by atoms with van der Waals surface area (Å²) in [6.07, 6.45) is 0. The van der Waals surface area contributed by atoms with Crippen molar-refractivity contribution in [1.29, 1.82) is 0 Å². The second-order valence-electron chi connectivity index (χ2n) is 3.58. The van der Waals surface area contributed by atoms with Crippen LogP contribution in [0, 0.1) is 0 Å². The Morgan fingerprint density at radius 3 is 2.56 bits per heavy atom. The van der Waals surface area contributed by atoms with E-state index < -0.39 is 22.0 Å². The fourth-order valence-corrected chi connectivity index (χ4v) is 2.44. The minimum absolute atomic E-state index is 0.00866. The number of halogens is 1. The Kier molecular flexibility index (Phi) is 4.71. The number of esters is 1. The second-order valence-corrected chi connectivity index (χ2v) is 5.99. The number of benzene rings is 1. The first kappa shape index (κ1) is 14.9. The lowest BCUT2D eigenvalue weighted by Gasteiger charge is -2.14. The van der Waals surface area contributed by atoms with E-state index in [-0.39, 0.29) is 4.90 Å². The average molecular weight is 337 g/mol. The van der Waals surface area contributed by atoms with Crippen molar-refractivity contribution in [3.8, 4) is 0 Å². The zero-order valence-electron chi connectivity index (χ0n) is 9.81. The molecule has 0 aromatic heterocycles. The summed E-state index contributed by atoms with van der Waals surface area (Å²) in [7, 11) is -2.45. The van der Waals surface area contributed by atoms with Crippen molar-refractivity contribution in [2.75, 3.05) is 12.4 Å². The standard InChI is InChI=1S/C10H13BrN2O4S/c1-6(10(14)17-2)13-9-4-3-7(5-8(9)11)18(12,15)16/h3-6,13H,1-2H3,(H2,12,15,16). The Morgan fingerprint density at radius 1 is 1.50 bits per heavy atom. The molecule has 8 heteroatoms. The van der Waals surface area contributed by atoms with Crippen LogP contribution in [0.4, 0.5) is 5.69 Å². The molecule has 0 aliphatic heterocycles. The van der Waals surface area contributed by atoms with Crippen molar-refractivity contribution in [3.63, 3.8) is 0 Å². The first-order valence-corrected chi connectivity index (χ1v) is 7.26. The van der Waals surface area contributed by atoms with Crippen molar-refractivity contribution in [1.82, 2.24) is 0 Å². The maximum Gasteiger partial charge on any atom is 0.327 e. The molecule has 0 aliphatic carbocycles. The van der Waals surface area contributed by atoms with Gasteiger partial charge in [0.15, 0.2) is 0 Å². The number of ether oxygens (including phenoxy) is 1. The largest absolute Gasteiger partial charge is 0.467 e. The maximum atomic E-state index is 11.2. The average Bonchev–Trinajstić information content (AvgIpc) is 2.29. The van der Waals surface area contributed by atoms with Gasteiger partial charge in [-0.1, -0.05) is 0 Å². The van der Waals surface area contributed by atoms with Crippen molar-refractivity contribution in [2.24, 2.45) is 5.14 Å². The summed E-state index contributed by atoms with van der Waals surface area (Å²) in [6, 6.07) is 3.68. The monoisotopic (exact) mass is 336 g/mol. The van der Waals surface area contributed by atoms with E-state index in [9.17, 15) is 13.2 Å². The summed E-state index contributed by atoms with van der Waals surface area (Å²) in [5, 5.41) is 7.89. The Labute approximate surface area is 114 Å². The van der Waals surface area contributed by atoms with Crippen LogP contribution in [0.1, 0.15) is 6.92 Å². The van der Waals surface area contributed by atoms with Gasteiger partial charge in [0.25, 0.3) is 0 Å². The normalized spacial score (nSPS) is 12.9. The summed E-state index contributed by atoms with van der Waals surface area (Å²) in [6.45, 7) is 1.63. The van der Waals surface area contributed by atoms with E-state index in [1.807, 2.05) is 0 Å². The van der Waals surface area contributed by atoms with Crippen LogP contribution in [-0.2, 0) is 19.6 Å². The van der Waals surface area contributed by atoms with Crippen LogP contribution in [0.3, 0.4) is 0 Å². The summed E-state index contributed by atoms with van der Waals surface area (Å²) in [5.74, 6) is -0.419. The molecule has 0 saturated heterocycles. The van der Waals surface area contributed by atoms with E-state index in [0.29, 0.717) is 10.2 Å². The molecule has 6 nitrogen and oxygen atoms in total. The SMILES string of the molecule is COC(=O)C(C)Nc1ccc(S(N)(=O)=O)cc1Br. The van der Waals surface area contributed by atoms with Crippen LogP contribution in [0.5, 0.6) is 0 Å². The molecule has 0 amide bonds. The predicted molar refractivity (Wildman–Crippen MR) is 70.6 cm³/mol. The van der Waals surface area contributed by atoms with Crippen LogP contribution in [0.25, 0.3) is 0 Å². The highest BCUT2D eigenvalue weighted by Gasteiger charge is 2.15. The van der Waals surface area contributed by atoms with E-state index in [2.05, 4.69) is 26.0 Å². The van der Waals surface area contributed by atoms with Crippen molar-refractivity contribution < 1.29 is 17.9 Å². The van der Waals surface area contributed by atoms with Crippen LogP contribution in [0.2, 0.25) is 0 Å². The minimum atomic E-state index is -3.74. The highest BCUT2D eigenvalue weighted by molar-refractivity contribution is 9.10. The topological polar surface area (TPSA) is 98.5 Å². The first-order valence-electron chi connectivity index (χ1n) is 4.92. The molecule has 1 aromatic carbocycles. The third-order valence-corrected chi connectivity index (χ3v) is 3.76. The molecule has 18 heavy (non-hydrogen) atoms. The lowest BCUT2D eigenvalue weighted by Crippen LogP contribution is -2.27. The number of primary sulfonamides is 1. The molecule has 0 aliphatic rings. The quantitative estimate of drug-likeness (QED) is 0.801. The smallest absolute Gasteiger partial charge is 0.327 e. The highest BCUT2D eigenvalue weighted by atomic mass is 79.9. The molecule has 0 saturated carbocycles. The number of anilines is 1. The Morgan fingerprint density at radius 2 is 2.11 bits per heavy atom. The molecule has 1 unspecified atom stereocenters. The Balaban J connectivity index is 2.97. The molecular weight excluding hydrogens is 324 g/mol. The molecule has 3 N–H and O–H groups in total. The number of carbonyl (C=O) groups is 1. The molecule has 1 aromatic rings. The number of methoxy groups -OCH3 is 1. The van der Waals surface area contributed by atoms with Crippen LogP contribution >= 0.6 is 15.9 Å². The summed E-state index contributed by atoms with van der Waals surface area (Å²) < 4.78 is 27.3. The molecule has 0 radical (unpaired) electrons. The van der Waals surface area contributed by atoms with E-state index in [1.165, 1.54) is 25.3 Å². The van der Waals surface area contributed by atoms with E-state index in [4.69, 9.17) is 5.14 Å². The highest BCUT2D eigenvalue weighted by Crippen LogP contribution is 2.25. The molecule has 1 atom stereocenters. The van der Waals surface area contributed by atoms with Crippen LogP contribution in [0.15, 0.2) is 27.6 Å².